The third-order valence-electron chi connectivity index (χ3n) is 3.77. The summed E-state index contributed by atoms with van der Waals surface area (Å²) in [6.07, 6.45) is 1.11. The van der Waals surface area contributed by atoms with E-state index in [0.717, 1.165) is 11.1 Å². The smallest absolute Gasteiger partial charge is 0.238 e. The van der Waals surface area contributed by atoms with Crippen LogP contribution in [-0.2, 0) is 26.0 Å². The van der Waals surface area contributed by atoms with Crippen LogP contribution in [0.25, 0.3) is 0 Å². The number of carbonyl (C=O) groups is 2. The van der Waals surface area contributed by atoms with Crippen molar-refractivity contribution in [2.24, 2.45) is 0 Å². The van der Waals surface area contributed by atoms with Crippen LogP contribution in [0.1, 0.15) is 11.8 Å². The lowest BCUT2D eigenvalue weighted by atomic mass is 10.3. The van der Waals surface area contributed by atoms with Crippen LogP contribution >= 0.6 is 11.3 Å². The molecule has 1 heterocycles. The molecule has 1 aromatic carbocycles. The van der Waals surface area contributed by atoms with Gasteiger partial charge in [-0.1, -0.05) is 19.1 Å². The number of benzene rings is 1. The minimum atomic E-state index is -3.34. The fourth-order valence-corrected chi connectivity index (χ4v) is 3.66. The maximum atomic E-state index is 12.2. The van der Waals surface area contributed by atoms with Crippen molar-refractivity contribution in [1.82, 2.24) is 10.2 Å². The summed E-state index contributed by atoms with van der Waals surface area (Å²) in [6, 6.07) is 9.95. The van der Waals surface area contributed by atoms with Crippen LogP contribution in [0.2, 0.25) is 0 Å². The predicted octanol–water partition coefficient (Wildman–Crippen LogP) is 1.73. The van der Waals surface area contributed by atoms with Crippen molar-refractivity contribution in [1.29, 1.82) is 0 Å². The molecule has 0 radical (unpaired) electrons. The first-order chi connectivity index (χ1) is 12.8. The molecule has 0 fully saturated rings. The van der Waals surface area contributed by atoms with Crippen LogP contribution < -0.4 is 10.6 Å². The number of amides is 2. The Balaban J connectivity index is 1.86. The number of nitrogens with zero attached hydrogens (tertiary/aromatic N) is 1. The SMILES string of the molecule is CCN(CC(=O)NCc1cccs1)CC(=O)Nc1cccc(S(C)(=O)=O)c1. The number of anilines is 1. The molecule has 0 saturated carbocycles. The molecule has 9 heteroatoms. The molecular weight excluding hydrogens is 386 g/mol. The summed E-state index contributed by atoms with van der Waals surface area (Å²) in [4.78, 5) is 27.2. The van der Waals surface area contributed by atoms with E-state index in [9.17, 15) is 18.0 Å². The lowest BCUT2D eigenvalue weighted by molar-refractivity contribution is -0.123. The molecule has 0 aliphatic heterocycles. The molecule has 1 aromatic heterocycles. The Morgan fingerprint density at radius 1 is 1.11 bits per heavy atom. The minimum Gasteiger partial charge on any atom is -0.350 e. The quantitative estimate of drug-likeness (QED) is 0.658. The summed E-state index contributed by atoms with van der Waals surface area (Å²) < 4.78 is 23.2. The molecule has 7 nitrogen and oxygen atoms in total. The molecule has 146 valence electrons. The second-order valence-electron chi connectivity index (χ2n) is 6.01. The number of sulfone groups is 1. The summed E-state index contributed by atoms with van der Waals surface area (Å²) in [6.45, 7) is 3.01. The zero-order valence-electron chi connectivity index (χ0n) is 15.3. The Labute approximate surface area is 163 Å². The van der Waals surface area contributed by atoms with Crippen molar-refractivity contribution in [2.45, 2.75) is 18.4 Å². The van der Waals surface area contributed by atoms with Crippen LogP contribution in [0.3, 0.4) is 0 Å². The third-order valence-corrected chi connectivity index (χ3v) is 5.75. The molecule has 0 bridgehead atoms. The number of hydrogen-bond donors (Lipinski definition) is 2. The Morgan fingerprint density at radius 3 is 2.48 bits per heavy atom. The van der Waals surface area contributed by atoms with Gasteiger partial charge in [-0.25, -0.2) is 8.42 Å². The van der Waals surface area contributed by atoms with Gasteiger partial charge in [0.1, 0.15) is 0 Å². The zero-order valence-corrected chi connectivity index (χ0v) is 16.9. The summed E-state index contributed by atoms with van der Waals surface area (Å²) >= 11 is 1.57. The van der Waals surface area contributed by atoms with Crippen molar-refractivity contribution in [3.8, 4) is 0 Å². The number of hydrogen-bond acceptors (Lipinski definition) is 6. The molecule has 2 rings (SSSR count). The van der Waals surface area contributed by atoms with E-state index in [2.05, 4.69) is 10.6 Å². The van der Waals surface area contributed by atoms with Gasteiger partial charge in [-0.05, 0) is 36.2 Å². The van der Waals surface area contributed by atoms with Crippen molar-refractivity contribution in [3.05, 3.63) is 46.7 Å². The van der Waals surface area contributed by atoms with Crippen LogP contribution in [0.5, 0.6) is 0 Å². The number of carbonyl (C=O) groups excluding carboxylic acids is 2. The summed E-state index contributed by atoms with van der Waals surface area (Å²) in [5.74, 6) is -0.467. The fraction of sp³-hybridized carbons (Fsp3) is 0.333. The Morgan fingerprint density at radius 2 is 1.85 bits per heavy atom. The van der Waals surface area contributed by atoms with Gasteiger partial charge in [0.15, 0.2) is 9.84 Å². The number of likely N-dealkylation sites (N-methyl/N-ethyl adjacent to an activating group) is 1. The predicted molar refractivity (Wildman–Crippen MR) is 106 cm³/mol. The average molecular weight is 410 g/mol. The van der Waals surface area contributed by atoms with Crippen molar-refractivity contribution in [2.75, 3.05) is 31.2 Å². The topological polar surface area (TPSA) is 95.6 Å². The van der Waals surface area contributed by atoms with Gasteiger partial charge in [0.05, 0.1) is 24.5 Å². The van der Waals surface area contributed by atoms with Crippen LogP contribution in [-0.4, -0.2) is 51.0 Å². The highest BCUT2D eigenvalue weighted by Crippen LogP contribution is 2.15. The van der Waals surface area contributed by atoms with Crippen LogP contribution in [0, 0.1) is 0 Å². The summed E-state index contributed by atoms with van der Waals surface area (Å²) in [5.41, 5.74) is 0.404. The first-order valence-electron chi connectivity index (χ1n) is 8.39. The first kappa shape index (κ1) is 21.1. The molecule has 2 aromatic rings. The van der Waals surface area contributed by atoms with E-state index in [1.165, 1.54) is 12.1 Å². The van der Waals surface area contributed by atoms with Gasteiger partial charge in [0, 0.05) is 16.8 Å². The second kappa shape index (κ2) is 9.63. The molecule has 0 atom stereocenters. The molecule has 0 saturated heterocycles. The van der Waals surface area contributed by atoms with Gasteiger partial charge in [0.2, 0.25) is 11.8 Å². The maximum Gasteiger partial charge on any atom is 0.238 e. The molecule has 27 heavy (non-hydrogen) atoms. The van der Waals surface area contributed by atoms with E-state index in [-0.39, 0.29) is 29.8 Å². The second-order valence-corrected chi connectivity index (χ2v) is 9.06. The van der Waals surface area contributed by atoms with Crippen LogP contribution in [0.4, 0.5) is 5.69 Å². The van der Waals surface area contributed by atoms with Crippen molar-refractivity contribution >= 4 is 38.7 Å². The van der Waals surface area contributed by atoms with E-state index < -0.39 is 9.84 Å². The molecule has 0 spiro atoms. The maximum absolute atomic E-state index is 12.2. The fourth-order valence-electron chi connectivity index (χ4n) is 2.35. The molecule has 2 amide bonds. The van der Waals surface area contributed by atoms with Gasteiger partial charge in [-0.3, -0.25) is 14.5 Å². The Hall–Kier alpha value is -2.23. The first-order valence-corrected chi connectivity index (χ1v) is 11.2. The van der Waals surface area contributed by atoms with Crippen molar-refractivity contribution < 1.29 is 18.0 Å². The normalized spacial score (nSPS) is 11.4. The van der Waals surface area contributed by atoms with Gasteiger partial charge in [-0.15, -0.1) is 11.3 Å². The van der Waals surface area contributed by atoms with E-state index in [4.69, 9.17) is 0 Å². The molecule has 0 aliphatic carbocycles. The van der Waals surface area contributed by atoms with E-state index in [1.807, 2.05) is 24.4 Å². The largest absolute Gasteiger partial charge is 0.350 e. The third kappa shape index (κ3) is 7.12. The molecular formula is C18H23N3O4S2. The van der Waals surface area contributed by atoms with Gasteiger partial charge in [0.25, 0.3) is 0 Å². The summed E-state index contributed by atoms with van der Waals surface area (Å²) in [5, 5.41) is 7.45. The lowest BCUT2D eigenvalue weighted by Gasteiger charge is -2.19. The standard InChI is InChI=1S/C18H23N3O4S2/c1-3-21(12-17(22)19-11-15-7-5-9-26-15)13-18(23)20-14-6-4-8-16(10-14)27(2,24)25/h4-10H,3,11-13H2,1-2H3,(H,19,22)(H,20,23). The minimum absolute atomic E-state index is 0.0338. The monoisotopic (exact) mass is 409 g/mol. The Bertz CT molecular complexity index is 880. The number of rotatable bonds is 9. The highest BCUT2D eigenvalue weighted by molar-refractivity contribution is 7.90. The zero-order chi connectivity index (χ0) is 19.9. The highest BCUT2D eigenvalue weighted by Gasteiger charge is 2.14. The highest BCUT2D eigenvalue weighted by atomic mass is 32.2. The van der Waals surface area contributed by atoms with Gasteiger partial charge in [-0.2, -0.15) is 0 Å². The van der Waals surface area contributed by atoms with E-state index in [0.29, 0.717) is 18.8 Å². The van der Waals surface area contributed by atoms with Gasteiger partial charge < -0.3 is 10.6 Å². The van der Waals surface area contributed by atoms with Crippen LogP contribution in [0.15, 0.2) is 46.7 Å². The Kier molecular flexibility index (Phi) is 7.52. The molecule has 2 N–H and O–H groups in total. The van der Waals surface area contributed by atoms with E-state index in [1.54, 1.807) is 28.4 Å². The lowest BCUT2D eigenvalue weighted by Crippen LogP contribution is -2.40. The van der Waals surface area contributed by atoms with Crippen molar-refractivity contribution in [3.63, 3.8) is 0 Å². The van der Waals surface area contributed by atoms with Gasteiger partial charge >= 0.3 is 0 Å². The average Bonchev–Trinajstić information content (AvgIpc) is 3.12. The molecule has 0 aliphatic rings. The van der Waals surface area contributed by atoms with E-state index >= 15 is 0 Å². The number of thiophene rings is 1. The molecule has 0 unspecified atom stereocenters. The summed E-state index contributed by atoms with van der Waals surface area (Å²) in [7, 11) is -3.34. The number of nitrogens with one attached hydrogen (secondary N) is 2.